The lowest BCUT2D eigenvalue weighted by Crippen LogP contribution is -2.52. The predicted molar refractivity (Wildman–Crippen MR) is 159 cm³/mol. The Labute approximate surface area is 230 Å². The van der Waals surface area contributed by atoms with Gasteiger partial charge in [0.1, 0.15) is 11.8 Å². The Bertz CT molecular complexity index is 973. The van der Waals surface area contributed by atoms with Crippen molar-refractivity contribution in [3.8, 4) is 5.75 Å². The minimum absolute atomic E-state index is 0.0139. The molecule has 5 heteroatoms. The molecule has 2 aromatic carbocycles. The van der Waals surface area contributed by atoms with E-state index in [1.165, 1.54) is 56.9 Å². The summed E-state index contributed by atoms with van der Waals surface area (Å²) in [6, 6.07) is 17.3. The van der Waals surface area contributed by atoms with Gasteiger partial charge in [0.05, 0.1) is 13.0 Å². The van der Waals surface area contributed by atoms with Crippen molar-refractivity contribution in [2.24, 2.45) is 0 Å². The number of ether oxygens (including phenoxy) is 1. The van der Waals surface area contributed by atoms with Crippen LogP contribution in [0.3, 0.4) is 0 Å². The summed E-state index contributed by atoms with van der Waals surface area (Å²) in [4.78, 5) is 15.1. The summed E-state index contributed by atoms with van der Waals surface area (Å²) >= 11 is 0. The molecule has 1 aliphatic heterocycles. The maximum atomic E-state index is 12.9. The van der Waals surface area contributed by atoms with E-state index >= 15 is 0 Å². The zero-order chi connectivity index (χ0) is 27.2. The van der Waals surface area contributed by atoms with E-state index in [1.807, 2.05) is 42.5 Å². The van der Waals surface area contributed by atoms with Crippen LogP contribution in [0, 0.1) is 10.1 Å². The summed E-state index contributed by atoms with van der Waals surface area (Å²) in [7, 11) is 1.67. The quantitative estimate of drug-likeness (QED) is 0.118. The Hall–Kier alpha value is -2.82. The molecule has 0 saturated heterocycles. The van der Waals surface area contributed by atoms with Crippen molar-refractivity contribution in [1.29, 1.82) is 0 Å². The molecule has 0 aliphatic carbocycles. The molecule has 1 aliphatic rings. The highest BCUT2D eigenvalue weighted by atomic mass is 16.6. The smallest absolute Gasteiger partial charge is 0.243 e. The third-order valence-corrected chi connectivity index (χ3v) is 7.99. The average Bonchev–Trinajstić information content (AvgIpc) is 2.95. The number of hydrogen-bond acceptors (Lipinski definition) is 4. The van der Waals surface area contributed by atoms with Crippen molar-refractivity contribution >= 4 is 5.69 Å². The highest BCUT2D eigenvalue weighted by Crippen LogP contribution is 2.42. The normalized spacial score (nSPS) is 19.3. The largest absolute Gasteiger partial charge is 0.497 e. The SMILES string of the molecule is CCCCCCCCC1C([N+](=O)[O-])C(c2ccccc2)C(CCCCCCC)=CN1c1ccc(OC)cc1. The molecular weight excluding hydrogens is 472 g/mol. The van der Waals surface area contributed by atoms with Crippen molar-refractivity contribution < 1.29 is 9.66 Å². The molecule has 208 valence electrons. The molecule has 0 saturated carbocycles. The van der Waals surface area contributed by atoms with Gasteiger partial charge in [-0.3, -0.25) is 10.1 Å². The molecule has 0 bridgehead atoms. The average molecular weight is 521 g/mol. The van der Waals surface area contributed by atoms with Crippen LogP contribution in [0.1, 0.15) is 109 Å². The van der Waals surface area contributed by atoms with Crippen LogP contribution in [0.15, 0.2) is 66.4 Å². The summed E-state index contributed by atoms with van der Waals surface area (Å²) in [5.74, 6) is 0.600. The van der Waals surface area contributed by atoms with E-state index in [0.717, 1.165) is 49.1 Å². The van der Waals surface area contributed by atoms with E-state index < -0.39 is 6.04 Å². The van der Waals surface area contributed by atoms with Crippen LogP contribution in [-0.4, -0.2) is 24.1 Å². The fraction of sp³-hybridized carbons (Fsp3) is 0.576. The van der Waals surface area contributed by atoms with Crippen molar-refractivity contribution in [1.82, 2.24) is 0 Å². The molecule has 3 atom stereocenters. The zero-order valence-electron chi connectivity index (χ0n) is 23.8. The van der Waals surface area contributed by atoms with Gasteiger partial charge in [-0.25, -0.2) is 0 Å². The molecule has 0 N–H and O–H groups in total. The Morgan fingerprint density at radius 3 is 2.03 bits per heavy atom. The second-order valence-corrected chi connectivity index (χ2v) is 10.8. The summed E-state index contributed by atoms with van der Waals surface area (Å²) in [6.07, 6.45) is 17.0. The number of rotatable bonds is 17. The van der Waals surface area contributed by atoms with Crippen molar-refractivity contribution in [2.45, 2.75) is 115 Å². The van der Waals surface area contributed by atoms with Gasteiger partial charge >= 0.3 is 0 Å². The van der Waals surface area contributed by atoms with E-state index in [2.05, 4.69) is 37.1 Å². The number of anilines is 1. The second-order valence-electron chi connectivity index (χ2n) is 10.8. The van der Waals surface area contributed by atoms with Gasteiger partial charge in [-0.2, -0.15) is 0 Å². The van der Waals surface area contributed by atoms with E-state index in [0.29, 0.717) is 0 Å². The molecule has 2 aromatic rings. The summed E-state index contributed by atoms with van der Waals surface area (Å²) in [5, 5.41) is 12.9. The minimum atomic E-state index is -0.689. The Morgan fingerprint density at radius 1 is 0.816 bits per heavy atom. The van der Waals surface area contributed by atoms with E-state index in [-0.39, 0.29) is 16.9 Å². The first kappa shape index (κ1) is 29.7. The highest BCUT2D eigenvalue weighted by molar-refractivity contribution is 5.56. The van der Waals surface area contributed by atoms with E-state index in [9.17, 15) is 10.1 Å². The van der Waals surface area contributed by atoms with Crippen LogP contribution in [0.25, 0.3) is 0 Å². The number of methoxy groups -OCH3 is 1. The second kappa shape index (κ2) is 16.2. The van der Waals surface area contributed by atoms with Gasteiger partial charge in [-0.05, 0) is 54.7 Å². The fourth-order valence-electron chi connectivity index (χ4n) is 5.91. The summed E-state index contributed by atoms with van der Waals surface area (Å²) in [5.41, 5.74) is 3.25. The van der Waals surface area contributed by atoms with Gasteiger partial charge < -0.3 is 9.64 Å². The molecule has 38 heavy (non-hydrogen) atoms. The summed E-state index contributed by atoms with van der Waals surface area (Å²) < 4.78 is 5.39. The molecule has 0 radical (unpaired) electrons. The molecule has 3 rings (SSSR count). The van der Waals surface area contributed by atoms with Crippen LogP contribution >= 0.6 is 0 Å². The molecule has 0 fully saturated rings. The minimum Gasteiger partial charge on any atom is -0.497 e. The Balaban J connectivity index is 1.97. The molecule has 1 heterocycles. The van der Waals surface area contributed by atoms with Gasteiger partial charge in [0, 0.05) is 16.8 Å². The summed E-state index contributed by atoms with van der Waals surface area (Å²) in [6.45, 7) is 4.46. The lowest BCUT2D eigenvalue weighted by Gasteiger charge is -2.41. The van der Waals surface area contributed by atoms with Crippen molar-refractivity contribution in [2.75, 3.05) is 12.0 Å². The standard InChI is InChI=1S/C33H48N2O3/c1-4-6-8-10-12-17-21-31-33(35(36)37)32(27-18-15-13-16-19-27)28(20-14-11-9-7-5-2)26-34(31)29-22-24-30(38-3)25-23-29/h13,15-16,18-19,22-26,31-33H,4-12,14,17,20-21H2,1-3H3. The lowest BCUT2D eigenvalue weighted by molar-refractivity contribution is -0.529. The number of unbranched alkanes of at least 4 members (excludes halogenated alkanes) is 9. The monoisotopic (exact) mass is 520 g/mol. The highest BCUT2D eigenvalue weighted by Gasteiger charge is 2.47. The van der Waals surface area contributed by atoms with Gasteiger partial charge in [0.2, 0.25) is 6.04 Å². The zero-order valence-corrected chi connectivity index (χ0v) is 23.8. The predicted octanol–water partition coefficient (Wildman–Crippen LogP) is 9.31. The van der Waals surface area contributed by atoms with Crippen LogP contribution < -0.4 is 9.64 Å². The third-order valence-electron chi connectivity index (χ3n) is 7.99. The Kier molecular flexibility index (Phi) is 12.7. The maximum absolute atomic E-state index is 12.9. The fourth-order valence-corrected chi connectivity index (χ4v) is 5.91. The molecule has 0 aromatic heterocycles. The first-order valence-electron chi connectivity index (χ1n) is 14.9. The van der Waals surface area contributed by atoms with Crippen LogP contribution in [0.4, 0.5) is 5.69 Å². The van der Waals surface area contributed by atoms with Crippen molar-refractivity contribution in [3.63, 3.8) is 0 Å². The molecular formula is C33H48N2O3. The molecule has 5 nitrogen and oxygen atoms in total. The number of nitrogens with zero attached hydrogens (tertiary/aromatic N) is 2. The van der Waals surface area contributed by atoms with Crippen LogP contribution in [-0.2, 0) is 0 Å². The molecule has 0 spiro atoms. The first-order chi connectivity index (χ1) is 18.6. The number of hydrogen-bond donors (Lipinski definition) is 0. The maximum Gasteiger partial charge on any atom is 0.243 e. The molecule has 3 unspecified atom stereocenters. The van der Waals surface area contributed by atoms with Crippen molar-refractivity contribution in [3.05, 3.63) is 82.0 Å². The van der Waals surface area contributed by atoms with Gasteiger partial charge in [0.15, 0.2) is 0 Å². The van der Waals surface area contributed by atoms with Crippen LogP contribution in [0.5, 0.6) is 5.75 Å². The topological polar surface area (TPSA) is 55.6 Å². The number of nitro groups is 1. The lowest BCUT2D eigenvalue weighted by atomic mass is 9.76. The van der Waals surface area contributed by atoms with E-state index in [4.69, 9.17) is 4.74 Å². The number of benzene rings is 2. The van der Waals surface area contributed by atoms with Crippen LogP contribution in [0.2, 0.25) is 0 Å². The Morgan fingerprint density at radius 2 is 1.42 bits per heavy atom. The van der Waals surface area contributed by atoms with Gasteiger partial charge in [0.25, 0.3) is 0 Å². The third kappa shape index (κ3) is 8.34. The first-order valence-corrected chi connectivity index (χ1v) is 14.9. The van der Waals surface area contributed by atoms with Gasteiger partial charge in [-0.1, -0.05) is 108 Å². The van der Waals surface area contributed by atoms with E-state index in [1.54, 1.807) is 7.11 Å². The molecule has 0 amide bonds. The van der Waals surface area contributed by atoms with Gasteiger partial charge in [-0.15, -0.1) is 0 Å².